The van der Waals surface area contributed by atoms with Crippen molar-refractivity contribution in [2.75, 3.05) is 30.0 Å². The van der Waals surface area contributed by atoms with Crippen LogP contribution >= 0.6 is 0 Å². The first-order valence-electron chi connectivity index (χ1n) is 6.97. The molecule has 0 unspecified atom stereocenters. The van der Waals surface area contributed by atoms with Crippen LogP contribution in [-0.2, 0) is 11.2 Å². The maximum atomic E-state index is 12.1. The zero-order valence-corrected chi connectivity index (χ0v) is 12.5. The molecule has 4 heteroatoms. The van der Waals surface area contributed by atoms with Gasteiger partial charge in [0.15, 0.2) is 0 Å². The number of hydrogen-bond acceptors (Lipinski definition) is 3. The fourth-order valence-electron chi connectivity index (χ4n) is 2.12. The summed E-state index contributed by atoms with van der Waals surface area (Å²) in [6.07, 6.45) is 1.15. The van der Waals surface area contributed by atoms with Crippen LogP contribution < -0.4 is 16.0 Å². The highest BCUT2D eigenvalue weighted by Gasteiger charge is 2.08. The Hall–Kier alpha value is -2.49. The van der Waals surface area contributed by atoms with Gasteiger partial charge in [0.2, 0.25) is 5.91 Å². The molecule has 3 N–H and O–H groups in total. The highest BCUT2D eigenvalue weighted by molar-refractivity contribution is 5.94. The fraction of sp³-hybridized carbons (Fsp3) is 0.235. The fourth-order valence-corrected chi connectivity index (χ4v) is 2.12. The molecule has 0 atom stereocenters. The van der Waals surface area contributed by atoms with E-state index in [2.05, 4.69) is 5.32 Å². The molecule has 0 aliphatic heterocycles. The lowest BCUT2D eigenvalue weighted by molar-refractivity contribution is -0.116. The van der Waals surface area contributed by atoms with Crippen molar-refractivity contribution in [1.82, 2.24) is 0 Å². The Balaban J connectivity index is 1.94. The topological polar surface area (TPSA) is 58.4 Å². The minimum absolute atomic E-state index is 0.0149. The number of nitrogen functional groups attached to an aromatic ring is 1. The van der Waals surface area contributed by atoms with Crippen molar-refractivity contribution in [3.05, 3.63) is 54.1 Å². The Morgan fingerprint density at radius 2 is 1.76 bits per heavy atom. The number of nitrogens with zero attached hydrogens (tertiary/aromatic N) is 1. The number of carbonyl (C=O) groups excluding carboxylic acids is 1. The van der Waals surface area contributed by atoms with Crippen molar-refractivity contribution >= 4 is 23.0 Å². The van der Waals surface area contributed by atoms with E-state index in [1.165, 1.54) is 0 Å². The van der Waals surface area contributed by atoms with Crippen LogP contribution in [-0.4, -0.2) is 20.0 Å². The summed E-state index contributed by atoms with van der Waals surface area (Å²) in [6, 6.07) is 15.4. The van der Waals surface area contributed by atoms with E-state index in [1.807, 2.05) is 67.5 Å². The third-order valence-corrected chi connectivity index (χ3v) is 3.28. The number of carbonyl (C=O) groups is 1. The van der Waals surface area contributed by atoms with E-state index < -0.39 is 0 Å². The van der Waals surface area contributed by atoms with Gasteiger partial charge in [0.25, 0.3) is 0 Å². The molecule has 2 aromatic carbocycles. The summed E-state index contributed by atoms with van der Waals surface area (Å²) in [4.78, 5) is 14.1. The Kier molecular flexibility index (Phi) is 4.82. The number of aryl methyl sites for hydroxylation is 1. The Morgan fingerprint density at radius 3 is 2.43 bits per heavy atom. The lowest BCUT2D eigenvalue weighted by atomic mass is 10.1. The van der Waals surface area contributed by atoms with Gasteiger partial charge in [-0.2, -0.15) is 0 Å². The number of benzene rings is 2. The van der Waals surface area contributed by atoms with E-state index >= 15 is 0 Å². The van der Waals surface area contributed by atoms with E-state index in [0.717, 1.165) is 22.6 Å². The number of nitrogens with two attached hydrogens (primary N) is 1. The molecule has 21 heavy (non-hydrogen) atoms. The number of hydrogen-bond donors (Lipinski definition) is 2. The van der Waals surface area contributed by atoms with Gasteiger partial charge in [0.1, 0.15) is 0 Å². The molecule has 2 aromatic rings. The van der Waals surface area contributed by atoms with Crippen LogP contribution in [0.2, 0.25) is 0 Å². The zero-order chi connectivity index (χ0) is 15.2. The lowest BCUT2D eigenvalue weighted by Crippen LogP contribution is -2.16. The third-order valence-electron chi connectivity index (χ3n) is 3.28. The molecule has 0 heterocycles. The van der Waals surface area contributed by atoms with E-state index in [-0.39, 0.29) is 5.91 Å². The van der Waals surface area contributed by atoms with Gasteiger partial charge in [-0.15, -0.1) is 0 Å². The van der Waals surface area contributed by atoms with Gasteiger partial charge in [-0.25, -0.2) is 0 Å². The van der Waals surface area contributed by atoms with Gasteiger partial charge in [-0.05, 0) is 36.2 Å². The summed E-state index contributed by atoms with van der Waals surface area (Å²) in [6.45, 7) is 0. The molecule has 4 nitrogen and oxygen atoms in total. The second-order valence-corrected chi connectivity index (χ2v) is 5.20. The van der Waals surface area contributed by atoms with Crippen LogP contribution in [0, 0.1) is 0 Å². The number of nitrogens with one attached hydrogen (secondary N) is 1. The van der Waals surface area contributed by atoms with E-state index in [0.29, 0.717) is 12.8 Å². The van der Waals surface area contributed by atoms with Crippen LogP contribution in [0.3, 0.4) is 0 Å². The standard InChI is InChI=1S/C17H21N3O/c1-20(2)16-6-4-3-5-15(16)19-17(21)12-9-13-7-10-14(18)11-8-13/h3-8,10-11H,9,12,18H2,1-2H3,(H,19,21). The Morgan fingerprint density at radius 1 is 1.10 bits per heavy atom. The van der Waals surface area contributed by atoms with Crippen LogP contribution in [0.15, 0.2) is 48.5 Å². The number of anilines is 3. The normalized spacial score (nSPS) is 10.2. The van der Waals surface area contributed by atoms with E-state index in [9.17, 15) is 4.79 Å². The van der Waals surface area contributed by atoms with Gasteiger partial charge in [0, 0.05) is 26.2 Å². The van der Waals surface area contributed by atoms with Crippen LogP contribution in [0.1, 0.15) is 12.0 Å². The molecule has 0 bridgehead atoms. The second-order valence-electron chi connectivity index (χ2n) is 5.20. The first kappa shape index (κ1) is 14.9. The maximum absolute atomic E-state index is 12.1. The van der Waals surface area contributed by atoms with Crippen molar-refractivity contribution in [3.8, 4) is 0 Å². The summed E-state index contributed by atoms with van der Waals surface area (Å²) in [7, 11) is 3.92. The number of para-hydroxylation sites is 2. The summed E-state index contributed by atoms with van der Waals surface area (Å²) in [5.41, 5.74) is 9.33. The largest absolute Gasteiger partial charge is 0.399 e. The third kappa shape index (κ3) is 4.24. The molecular formula is C17H21N3O. The van der Waals surface area contributed by atoms with Crippen LogP contribution in [0.5, 0.6) is 0 Å². The highest BCUT2D eigenvalue weighted by Crippen LogP contribution is 2.23. The molecule has 0 aromatic heterocycles. The first-order chi connectivity index (χ1) is 10.1. The molecule has 0 saturated carbocycles. The summed E-state index contributed by atoms with van der Waals surface area (Å²) in [5.74, 6) is 0.0149. The first-order valence-corrected chi connectivity index (χ1v) is 6.97. The zero-order valence-electron chi connectivity index (χ0n) is 12.5. The smallest absolute Gasteiger partial charge is 0.224 e. The molecule has 0 spiro atoms. The summed E-state index contributed by atoms with van der Waals surface area (Å²) in [5, 5.41) is 2.97. The SMILES string of the molecule is CN(C)c1ccccc1NC(=O)CCc1ccc(N)cc1. The van der Waals surface area contributed by atoms with Gasteiger partial charge >= 0.3 is 0 Å². The molecular weight excluding hydrogens is 262 g/mol. The minimum Gasteiger partial charge on any atom is -0.399 e. The molecule has 0 aliphatic rings. The monoisotopic (exact) mass is 283 g/mol. The average Bonchev–Trinajstić information content (AvgIpc) is 2.47. The Bertz CT molecular complexity index is 606. The van der Waals surface area contributed by atoms with Crippen molar-refractivity contribution in [2.24, 2.45) is 0 Å². The molecule has 0 saturated heterocycles. The molecule has 1 amide bonds. The van der Waals surface area contributed by atoms with Gasteiger partial charge in [0.05, 0.1) is 11.4 Å². The highest BCUT2D eigenvalue weighted by atomic mass is 16.1. The van der Waals surface area contributed by atoms with Gasteiger partial charge < -0.3 is 16.0 Å². The quantitative estimate of drug-likeness (QED) is 0.830. The molecule has 2 rings (SSSR count). The summed E-state index contributed by atoms with van der Waals surface area (Å²) < 4.78 is 0. The van der Waals surface area contributed by atoms with Crippen molar-refractivity contribution in [1.29, 1.82) is 0 Å². The minimum atomic E-state index is 0.0149. The summed E-state index contributed by atoms with van der Waals surface area (Å²) >= 11 is 0. The molecule has 0 fully saturated rings. The lowest BCUT2D eigenvalue weighted by Gasteiger charge is -2.17. The second kappa shape index (κ2) is 6.79. The maximum Gasteiger partial charge on any atom is 0.224 e. The number of rotatable bonds is 5. The van der Waals surface area contributed by atoms with Crippen LogP contribution in [0.25, 0.3) is 0 Å². The van der Waals surface area contributed by atoms with Crippen molar-refractivity contribution < 1.29 is 4.79 Å². The van der Waals surface area contributed by atoms with Gasteiger partial charge in [-0.1, -0.05) is 24.3 Å². The van der Waals surface area contributed by atoms with Crippen molar-refractivity contribution in [3.63, 3.8) is 0 Å². The Labute approximate surface area is 125 Å². The molecule has 0 radical (unpaired) electrons. The van der Waals surface area contributed by atoms with E-state index in [4.69, 9.17) is 5.73 Å². The predicted octanol–water partition coefficient (Wildman–Crippen LogP) is 2.91. The average molecular weight is 283 g/mol. The van der Waals surface area contributed by atoms with Gasteiger partial charge in [-0.3, -0.25) is 4.79 Å². The van der Waals surface area contributed by atoms with Crippen LogP contribution in [0.4, 0.5) is 17.1 Å². The van der Waals surface area contributed by atoms with Crippen molar-refractivity contribution in [2.45, 2.75) is 12.8 Å². The van der Waals surface area contributed by atoms with E-state index in [1.54, 1.807) is 0 Å². The predicted molar refractivity (Wildman–Crippen MR) is 88.6 cm³/mol. The molecule has 0 aliphatic carbocycles. The molecule has 110 valence electrons. The number of amides is 1.